The minimum absolute atomic E-state index is 0.0214. The first-order chi connectivity index (χ1) is 9.55. The molecule has 20 heavy (non-hydrogen) atoms. The van der Waals surface area contributed by atoms with Gasteiger partial charge in [-0.2, -0.15) is 15.0 Å². The Morgan fingerprint density at radius 2 is 2.00 bits per heavy atom. The third kappa shape index (κ3) is 6.01. The molecule has 0 radical (unpaired) electrons. The topological polar surface area (TPSA) is 106 Å². The lowest BCUT2D eigenvalue weighted by Crippen LogP contribution is -2.18. The second kappa shape index (κ2) is 8.52. The Morgan fingerprint density at radius 1 is 1.25 bits per heavy atom. The number of hydrogen-bond donors (Lipinski definition) is 3. The third-order valence-corrected chi connectivity index (χ3v) is 2.76. The summed E-state index contributed by atoms with van der Waals surface area (Å²) in [6.45, 7) is 6.80. The quantitative estimate of drug-likeness (QED) is 0.629. The molecule has 0 aliphatic rings. The van der Waals surface area contributed by atoms with Gasteiger partial charge in [0, 0.05) is 13.2 Å². The molecule has 0 aromatic carbocycles. The van der Waals surface area contributed by atoms with E-state index in [4.69, 9.17) is 15.6 Å². The van der Waals surface area contributed by atoms with E-state index in [0.717, 1.165) is 19.3 Å². The molecular formula is C13H25N5O2. The average Bonchev–Trinajstić information content (AvgIpc) is 2.35. The van der Waals surface area contributed by atoms with Gasteiger partial charge in [-0.15, -0.1) is 0 Å². The maximum atomic E-state index is 9.04. The monoisotopic (exact) mass is 283 g/mol. The number of nitrogen functional groups attached to an aromatic ring is 1. The molecule has 7 heteroatoms. The van der Waals surface area contributed by atoms with Crippen LogP contribution in [0, 0.1) is 5.92 Å². The van der Waals surface area contributed by atoms with Crippen LogP contribution in [0.15, 0.2) is 0 Å². The molecule has 0 fully saturated rings. The largest absolute Gasteiger partial charge is 0.461 e. The zero-order chi connectivity index (χ0) is 15.0. The van der Waals surface area contributed by atoms with Gasteiger partial charge in [0.1, 0.15) is 0 Å². The maximum Gasteiger partial charge on any atom is 0.323 e. The van der Waals surface area contributed by atoms with E-state index in [1.165, 1.54) is 0 Å². The highest BCUT2D eigenvalue weighted by atomic mass is 16.5. The summed E-state index contributed by atoms with van der Waals surface area (Å²) in [5.41, 5.74) is 5.64. The van der Waals surface area contributed by atoms with Crippen LogP contribution in [0.25, 0.3) is 0 Å². The molecule has 114 valence electrons. The van der Waals surface area contributed by atoms with E-state index in [9.17, 15) is 0 Å². The fourth-order valence-corrected chi connectivity index (χ4v) is 1.89. The lowest BCUT2D eigenvalue weighted by atomic mass is 10.0. The highest BCUT2D eigenvalue weighted by molar-refractivity contribution is 5.32. The van der Waals surface area contributed by atoms with Gasteiger partial charge in [-0.05, 0) is 32.6 Å². The first kappa shape index (κ1) is 16.4. The van der Waals surface area contributed by atoms with E-state index >= 15 is 0 Å². The van der Waals surface area contributed by atoms with Crippen molar-refractivity contribution in [2.75, 3.05) is 24.2 Å². The molecule has 0 bridgehead atoms. The number of nitrogens with zero attached hydrogens (tertiary/aromatic N) is 3. The van der Waals surface area contributed by atoms with Gasteiger partial charge in [-0.25, -0.2) is 0 Å². The Labute approximate surface area is 120 Å². The van der Waals surface area contributed by atoms with E-state index in [-0.39, 0.29) is 24.7 Å². The molecule has 1 heterocycles. The number of aliphatic hydroxyl groups is 1. The molecule has 1 unspecified atom stereocenters. The summed E-state index contributed by atoms with van der Waals surface area (Å²) in [6.07, 6.45) is 2.86. The van der Waals surface area contributed by atoms with Crippen LogP contribution in [0.5, 0.6) is 6.01 Å². The fraction of sp³-hybridized carbons (Fsp3) is 0.769. The molecule has 1 aromatic rings. The van der Waals surface area contributed by atoms with E-state index < -0.39 is 0 Å². The molecule has 0 aliphatic heterocycles. The van der Waals surface area contributed by atoms with Gasteiger partial charge < -0.3 is 20.9 Å². The highest BCUT2D eigenvalue weighted by Crippen LogP contribution is 2.14. The van der Waals surface area contributed by atoms with Crippen molar-refractivity contribution in [3.05, 3.63) is 0 Å². The Hall–Kier alpha value is -1.63. The molecule has 7 nitrogen and oxygen atoms in total. The number of anilines is 2. The molecule has 1 aromatic heterocycles. The molecule has 0 spiro atoms. The lowest BCUT2D eigenvalue weighted by molar-refractivity contribution is 0.222. The van der Waals surface area contributed by atoms with Gasteiger partial charge >= 0.3 is 6.01 Å². The van der Waals surface area contributed by atoms with Crippen molar-refractivity contribution < 1.29 is 9.84 Å². The second-order valence-electron chi connectivity index (χ2n) is 5.01. The SMILES string of the molecule is CCCC(CCO)CNc1nc(N)nc(OC(C)C)n1. The number of aromatic nitrogens is 3. The van der Waals surface area contributed by atoms with E-state index in [2.05, 4.69) is 27.2 Å². The highest BCUT2D eigenvalue weighted by Gasteiger charge is 2.10. The number of nitrogens with two attached hydrogens (primary N) is 1. The minimum Gasteiger partial charge on any atom is -0.461 e. The molecule has 4 N–H and O–H groups in total. The van der Waals surface area contributed by atoms with Gasteiger partial charge in [0.05, 0.1) is 6.10 Å². The number of rotatable bonds is 9. The third-order valence-electron chi connectivity index (χ3n) is 2.76. The standard InChI is InChI=1S/C13H25N5O2/c1-4-5-10(6-7-19)8-15-12-16-11(14)17-13(18-12)20-9(2)3/h9-10,19H,4-8H2,1-3H3,(H3,14,15,16,17,18). The predicted molar refractivity (Wildman–Crippen MR) is 78.6 cm³/mol. The van der Waals surface area contributed by atoms with Gasteiger partial charge in [0.15, 0.2) is 0 Å². The van der Waals surface area contributed by atoms with Gasteiger partial charge in [-0.1, -0.05) is 13.3 Å². The zero-order valence-electron chi connectivity index (χ0n) is 12.5. The van der Waals surface area contributed by atoms with Crippen molar-refractivity contribution in [3.63, 3.8) is 0 Å². The van der Waals surface area contributed by atoms with E-state index in [1.54, 1.807) is 0 Å². The first-order valence-electron chi connectivity index (χ1n) is 7.08. The molecule has 0 amide bonds. The molecule has 0 aliphatic carbocycles. The van der Waals surface area contributed by atoms with Gasteiger partial charge in [-0.3, -0.25) is 0 Å². The Kier molecular flexibility index (Phi) is 7.00. The number of ether oxygens (including phenoxy) is 1. The van der Waals surface area contributed by atoms with Crippen molar-refractivity contribution >= 4 is 11.9 Å². The van der Waals surface area contributed by atoms with Crippen molar-refractivity contribution in [3.8, 4) is 6.01 Å². The van der Waals surface area contributed by atoms with Crippen LogP contribution >= 0.6 is 0 Å². The Bertz CT molecular complexity index is 394. The summed E-state index contributed by atoms with van der Waals surface area (Å²) in [6, 6.07) is 0.226. The summed E-state index contributed by atoms with van der Waals surface area (Å²) < 4.78 is 5.42. The van der Waals surface area contributed by atoms with Gasteiger partial charge in [0.2, 0.25) is 11.9 Å². The van der Waals surface area contributed by atoms with Crippen molar-refractivity contribution in [1.29, 1.82) is 0 Å². The van der Waals surface area contributed by atoms with Crippen LogP contribution in [0.4, 0.5) is 11.9 Å². The smallest absolute Gasteiger partial charge is 0.323 e. The predicted octanol–water partition coefficient (Wildman–Crippen LogP) is 1.45. The Balaban J connectivity index is 2.63. The molecular weight excluding hydrogens is 258 g/mol. The molecule has 1 atom stereocenters. The number of aliphatic hydroxyl groups excluding tert-OH is 1. The van der Waals surface area contributed by atoms with Crippen LogP contribution in [-0.4, -0.2) is 39.3 Å². The van der Waals surface area contributed by atoms with Crippen molar-refractivity contribution in [1.82, 2.24) is 15.0 Å². The zero-order valence-corrected chi connectivity index (χ0v) is 12.5. The van der Waals surface area contributed by atoms with Crippen LogP contribution in [0.3, 0.4) is 0 Å². The summed E-state index contributed by atoms with van der Waals surface area (Å²) >= 11 is 0. The average molecular weight is 283 g/mol. The van der Waals surface area contributed by atoms with Crippen molar-refractivity contribution in [2.24, 2.45) is 5.92 Å². The van der Waals surface area contributed by atoms with Crippen LogP contribution in [-0.2, 0) is 0 Å². The van der Waals surface area contributed by atoms with Crippen LogP contribution in [0.1, 0.15) is 40.0 Å². The Morgan fingerprint density at radius 3 is 2.60 bits per heavy atom. The lowest BCUT2D eigenvalue weighted by Gasteiger charge is -2.16. The number of nitrogens with one attached hydrogen (secondary N) is 1. The summed E-state index contributed by atoms with van der Waals surface area (Å²) in [5.74, 6) is 0.928. The fourth-order valence-electron chi connectivity index (χ4n) is 1.89. The summed E-state index contributed by atoms with van der Waals surface area (Å²) in [7, 11) is 0. The molecule has 1 rings (SSSR count). The van der Waals surface area contributed by atoms with Crippen LogP contribution < -0.4 is 15.8 Å². The second-order valence-corrected chi connectivity index (χ2v) is 5.01. The van der Waals surface area contributed by atoms with Crippen molar-refractivity contribution in [2.45, 2.75) is 46.1 Å². The van der Waals surface area contributed by atoms with E-state index in [1.807, 2.05) is 13.8 Å². The maximum absolute atomic E-state index is 9.04. The summed E-state index contributed by atoms with van der Waals surface area (Å²) in [5, 5.41) is 12.2. The van der Waals surface area contributed by atoms with E-state index in [0.29, 0.717) is 18.4 Å². The first-order valence-corrected chi connectivity index (χ1v) is 7.08. The molecule has 0 saturated heterocycles. The van der Waals surface area contributed by atoms with Gasteiger partial charge in [0.25, 0.3) is 0 Å². The molecule has 0 saturated carbocycles. The number of hydrogen-bond acceptors (Lipinski definition) is 7. The normalized spacial score (nSPS) is 12.4. The summed E-state index contributed by atoms with van der Waals surface area (Å²) in [4.78, 5) is 12.1. The van der Waals surface area contributed by atoms with Crippen LogP contribution in [0.2, 0.25) is 0 Å². The minimum atomic E-state index is -0.0214.